The molecule has 1 saturated carbocycles. The van der Waals surface area contributed by atoms with Gasteiger partial charge in [0.15, 0.2) is 11.5 Å². The summed E-state index contributed by atoms with van der Waals surface area (Å²) in [5, 5.41) is 26.1. The van der Waals surface area contributed by atoms with Gasteiger partial charge in [0.1, 0.15) is 11.8 Å². The monoisotopic (exact) mass is 1210 g/mol. The van der Waals surface area contributed by atoms with Gasteiger partial charge in [0, 0.05) is 55.5 Å². The predicted molar refractivity (Wildman–Crippen MR) is 383 cm³/mol. The summed E-state index contributed by atoms with van der Waals surface area (Å²) in [4.78, 5) is 10.0. The first kappa shape index (κ1) is 102. The number of rotatable bonds is 2. The van der Waals surface area contributed by atoms with Gasteiger partial charge >= 0.3 is 0 Å². The number of ether oxygens (including phenoxy) is 2. The number of aromatic amines is 1. The van der Waals surface area contributed by atoms with Crippen LogP contribution in [0, 0.1) is 29.6 Å². The van der Waals surface area contributed by atoms with Gasteiger partial charge in [0.25, 0.3) is 0 Å². The topological polar surface area (TPSA) is 160 Å². The van der Waals surface area contributed by atoms with E-state index in [0.717, 1.165) is 52.1 Å². The van der Waals surface area contributed by atoms with E-state index in [4.69, 9.17) is 9.47 Å². The summed E-state index contributed by atoms with van der Waals surface area (Å²) in [5.41, 5.74) is 2.07. The van der Waals surface area contributed by atoms with E-state index in [2.05, 4.69) is 182 Å². The fourth-order valence-corrected chi connectivity index (χ4v) is 4.43. The van der Waals surface area contributed by atoms with Crippen LogP contribution in [0.2, 0.25) is 0 Å². The highest BCUT2D eigenvalue weighted by molar-refractivity contribution is 5.73. The SMILES string of the molecule is C1CCCCC1.CC.CC.CC.CC.CC.CC.CC.CC(C)C.CC(C)C.CC(C)C.CC(C)C.CC(C)C.CC(C)n1cccn1.CC(C)n1nnc2ccccc21.c1c[nH]cn1.c1ccc2c(c1)OCO2.c1ccnnc1.c1cnncn1. The zero-order valence-corrected chi connectivity index (χ0v) is 62.4. The molecule has 0 saturated heterocycles. The first-order chi connectivity index (χ1) is 41.2. The van der Waals surface area contributed by atoms with Gasteiger partial charge in [0.05, 0.1) is 18.0 Å². The molecule has 2 aromatic carbocycles. The lowest BCUT2D eigenvalue weighted by Gasteiger charge is -2.05. The summed E-state index contributed by atoms with van der Waals surface area (Å²) >= 11 is 0. The minimum atomic E-state index is 0.360. The average molecular weight is 1210 g/mol. The number of imidazole rings is 1. The first-order valence-corrected chi connectivity index (χ1v) is 33.1. The molecule has 502 valence electrons. The quantitative estimate of drug-likeness (QED) is 0.175. The molecule has 0 spiro atoms. The smallest absolute Gasteiger partial charge is 0.231 e. The van der Waals surface area contributed by atoms with Crippen molar-refractivity contribution >= 4 is 11.0 Å². The van der Waals surface area contributed by atoms with Crippen molar-refractivity contribution in [3.63, 3.8) is 0 Å². The lowest BCUT2D eigenvalue weighted by molar-refractivity contribution is 0.174. The molecule has 0 atom stereocenters. The van der Waals surface area contributed by atoms with Gasteiger partial charge in [-0.2, -0.15) is 20.4 Å². The number of para-hydroxylation sites is 3. The fraction of sp³-hybridized carbons (Fsp3) is 0.653. The molecule has 0 radical (unpaired) electrons. The van der Waals surface area contributed by atoms with Crippen LogP contribution in [0.15, 0.2) is 129 Å². The van der Waals surface area contributed by atoms with Crippen molar-refractivity contribution in [2.24, 2.45) is 29.6 Å². The van der Waals surface area contributed by atoms with Crippen LogP contribution in [0.4, 0.5) is 0 Å². The number of nitrogens with one attached hydrogen (secondary N) is 1. The van der Waals surface area contributed by atoms with E-state index < -0.39 is 0 Å². The summed E-state index contributed by atoms with van der Waals surface area (Å²) < 4.78 is 14.0. The summed E-state index contributed by atoms with van der Waals surface area (Å²) in [5.74, 6) is 5.86. The third kappa shape index (κ3) is 97.1. The molecule has 1 N–H and O–H groups in total. The second-order valence-corrected chi connectivity index (χ2v) is 20.3. The van der Waals surface area contributed by atoms with Crippen LogP contribution in [-0.4, -0.2) is 66.9 Å². The third-order valence-corrected chi connectivity index (χ3v) is 6.99. The van der Waals surface area contributed by atoms with Crippen LogP contribution >= 0.6 is 0 Å². The Bertz CT molecular complexity index is 1850. The van der Waals surface area contributed by atoms with Crippen molar-refractivity contribution < 1.29 is 9.47 Å². The number of aromatic nitrogens is 12. The molecular weight excluding hydrogens is 1060 g/mol. The van der Waals surface area contributed by atoms with E-state index in [9.17, 15) is 0 Å². The second-order valence-electron chi connectivity index (χ2n) is 20.3. The normalized spacial score (nSPS) is 9.81. The lowest BCUT2D eigenvalue weighted by atomic mass is 10.0. The fourth-order valence-electron chi connectivity index (χ4n) is 4.43. The van der Waals surface area contributed by atoms with E-state index in [1.54, 1.807) is 43.5 Å². The Hall–Kier alpha value is -6.05. The van der Waals surface area contributed by atoms with Crippen LogP contribution in [0.5, 0.6) is 11.5 Å². The van der Waals surface area contributed by atoms with Crippen LogP contribution < -0.4 is 9.47 Å². The Kier molecular flexibility index (Phi) is 107. The van der Waals surface area contributed by atoms with Crippen LogP contribution in [0.25, 0.3) is 11.0 Å². The van der Waals surface area contributed by atoms with Crippen LogP contribution in [-0.2, 0) is 0 Å². The molecule has 1 aliphatic heterocycles. The number of benzene rings is 2. The maximum absolute atomic E-state index is 5.08. The Balaban J connectivity index is -0.0000000913. The highest BCUT2D eigenvalue weighted by Gasteiger charge is 2.09. The molecule has 6 heterocycles. The molecule has 1 fully saturated rings. The lowest BCUT2D eigenvalue weighted by Crippen LogP contribution is -2.02. The van der Waals surface area contributed by atoms with Crippen LogP contribution in [0.1, 0.15) is 279 Å². The Morgan fingerprint density at radius 3 is 1.01 bits per heavy atom. The molecule has 1 aliphatic carbocycles. The summed E-state index contributed by atoms with van der Waals surface area (Å²) in [7, 11) is 0. The van der Waals surface area contributed by atoms with Gasteiger partial charge in [-0.1, -0.05) is 269 Å². The maximum Gasteiger partial charge on any atom is 0.231 e. The average Bonchev–Trinajstić information content (AvgIpc) is 4.41. The minimum Gasteiger partial charge on any atom is -0.454 e. The van der Waals surface area contributed by atoms with E-state index in [-0.39, 0.29) is 0 Å². The van der Waals surface area contributed by atoms with Gasteiger partial charge in [-0.15, -0.1) is 10.2 Å². The predicted octanol–water partition coefficient (Wildman–Crippen LogP) is 23.5. The number of nitrogens with zero attached hydrogens (tertiary/aromatic N) is 11. The molecule has 0 amide bonds. The third-order valence-electron chi connectivity index (χ3n) is 6.99. The van der Waals surface area contributed by atoms with Gasteiger partial charge in [0.2, 0.25) is 6.79 Å². The van der Waals surface area contributed by atoms with E-state index >= 15 is 0 Å². The number of hydrogen-bond acceptors (Lipinski definition) is 11. The molecule has 86 heavy (non-hydrogen) atoms. The number of fused-ring (bicyclic) bond motifs is 2. The molecule has 7 aromatic rings. The number of hydrogen-bond donors (Lipinski definition) is 1. The minimum absolute atomic E-state index is 0.360. The van der Waals surface area contributed by atoms with Gasteiger partial charge in [-0.05, 0) is 99.7 Å². The van der Waals surface area contributed by atoms with E-state index in [1.165, 1.54) is 51.0 Å². The van der Waals surface area contributed by atoms with Crippen molar-refractivity contribution in [1.82, 2.24) is 60.1 Å². The maximum atomic E-state index is 5.08. The summed E-state index contributed by atoms with van der Waals surface area (Å²) in [6, 6.07) is 22.1. The van der Waals surface area contributed by atoms with Crippen molar-refractivity contribution in [3.05, 3.63) is 129 Å². The van der Waals surface area contributed by atoms with E-state index in [0.29, 0.717) is 18.9 Å². The standard InChI is InChI=1S/C9H11N3.C7H6O2.C6H10N2.C6H12.C4H4N2.5C4H10.C3H3N3.C3H4N2.7C2H6/c1-7(2)12-9-6-4-3-5-8(9)10-11-12;1-2-4-7-6(3-1)8-5-9-7;1-6(2)8-5-3-4-7-8;2*1-2-4-6-5-3-1;5*1-4(2)3;1-2-5-6-3-4-1;1-2-5-3-4-1;7*1-2/h3-7H,1-2H3;1-4H,5H2;3-6H,1-2H3;1-6H2;1-4H;5*4H,1-3H3;1-3H;1-3H,(H,4,5);7*1-2H3. The Morgan fingerprint density at radius 1 is 0.395 bits per heavy atom. The number of H-pyrrole nitrogens is 1. The largest absolute Gasteiger partial charge is 0.454 e. The highest BCUT2D eigenvalue weighted by atomic mass is 16.7. The molecule has 14 heteroatoms. The Morgan fingerprint density at radius 2 is 0.779 bits per heavy atom. The Labute approximate surface area is 534 Å². The van der Waals surface area contributed by atoms with Gasteiger partial charge in [-0.25, -0.2) is 14.6 Å². The molecular formula is C72H142N12O2. The van der Waals surface area contributed by atoms with Crippen molar-refractivity contribution in [2.45, 2.75) is 279 Å². The summed E-state index contributed by atoms with van der Waals surface area (Å²) in [6.07, 6.45) is 25.6. The molecule has 5 aromatic heterocycles. The second kappa shape index (κ2) is 90.1. The van der Waals surface area contributed by atoms with Crippen LogP contribution in [0.3, 0.4) is 0 Å². The molecule has 0 bridgehead atoms. The zero-order chi connectivity index (χ0) is 68.8. The van der Waals surface area contributed by atoms with E-state index in [1.807, 2.05) is 179 Å². The molecule has 0 unspecified atom stereocenters. The van der Waals surface area contributed by atoms with Crippen molar-refractivity contribution in [2.75, 3.05) is 6.79 Å². The van der Waals surface area contributed by atoms with Crippen molar-refractivity contribution in [1.29, 1.82) is 0 Å². The molecule has 9 rings (SSSR count). The summed E-state index contributed by atoms with van der Waals surface area (Å²) in [6.45, 7) is 69.3. The van der Waals surface area contributed by atoms with Gasteiger partial charge < -0.3 is 14.5 Å². The molecule has 2 aliphatic rings. The zero-order valence-electron chi connectivity index (χ0n) is 62.4. The molecule has 14 nitrogen and oxygen atoms in total. The van der Waals surface area contributed by atoms with Crippen molar-refractivity contribution in [3.8, 4) is 11.5 Å². The van der Waals surface area contributed by atoms with Gasteiger partial charge in [-0.3, -0.25) is 4.68 Å². The highest BCUT2D eigenvalue weighted by Crippen LogP contribution is 2.30. The first-order valence-electron chi connectivity index (χ1n) is 33.1.